The first-order chi connectivity index (χ1) is 8.50. The largest absolute Gasteiger partial charge is 0.207 e. The van der Waals surface area contributed by atoms with Crippen LogP contribution in [0.4, 0.5) is 8.78 Å². The van der Waals surface area contributed by atoms with Crippen LogP contribution in [0.15, 0.2) is 18.2 Å². The lowest BCUT2D eigenvalue weighted by Crippen LogP contribution is -2.19. The van der Waals surface area contributed by atoms with Crippen molar-refractivity contribution in [3.63, 3.8) is 0 Å². The first kappa shape index (κ1) is 15.1. The predicted molar refractivity (Wildman–Crippen MR) is 72.6 cm³/mol. The average Bonchev–Trinajstić information content (AvgIpc) is 2.33. The minimum Gasteiger partial charge on any atom is -0.207 e. The van der Waals surface area contributed by atoms with Crippen molar-refractivity contribution < 1.29 is 8.78 Å². The van der Waals surface area contributed by atoms with Crippen LogP contribution in [0.3, 0.4) is 0 Å². The van der Waals surface area contributed by atoms with Crippen LogP contribution in [-0.2, 0) is 6.42 Å². The minimum atomic E-state index is -0.500. The van der Waals surface area contributed by atoms with Gasteiger partial charge in [-0.3, -0.25) is 0 Å². The van der Waals surface area contributed by atoms with Crippen molar-refractivity contribution in [1.29, 1.82) is 0 Å². The van der Waals surface area contributed by atoms with Gasteiger partial charge in [0.1, 0.15) is 11.6 Å². The van der Waals surface area contributed by atoms with Crippen LogP contribution in [-0.4, -0.2) is 0 Å². The summed E-state index contributed by atoms with van der Waals surface area (Å²) in [5.74, 6) is -0.911. The Balaban J connectivity index is 2.71. The number of rotatable bonds is 7. The molecule has 0 aliphatic carbocycles. The van der Waals surface area contributed by atoms with E-state index in [9.17, 15) is 8.78 Å². The monoisotopic (exact) mass is 254 g/mol. The summed E-state index contributed by atoms with van der Waals surface area (Å²) in [6.45, 7) is 6.53. The van der Waals surface area contributed by atoms with Crippen molar-refractivity contribution >= 4 is 0 Å². The van der Waals surface area contributed by atoms with E-state index < -0.39 is 11.6 Å². The quantitative estimate of drug-likeness (QED) is 0.563. The molecule has 0 spiro atoms. The first-order valence-electron chi connectivity index (χ1n) is 6.94. The third-order valence-corrected chi connectivity index (χ3v) is 3.87. The van der Waals surface area contributed by atoms with Crippen LogP contribution in [0.1, 0.15) is 58.4 Å². The molecular weight excluding hydrogens is 230 g/mol. The van der Waals surface area contributed by atoms with Gasteiger partial charge in [-0.15, -0.1) is 0 Å². The highest BCUT2D eigenvalue weighted by Crippen LogP contribution is 2.33. The van der Waals surface area contributed by atoms with Crippen molar-refractivity contribution in [3.05, 3.63) is 35.4 Å². The second-order valence-electron chi connectivity index (χ2n) is 5.53. The summed E-state index contributed by atoms with van der Waals surface area (Å²) in [6, 6.07) is 3.91. The topological polar surface area (TPSA) is 0 Å². The molecule has 0 aromatic heterocycles. The molecule has 0 saturated heterocycles. The normalized spacial score (nSPS) is 14.5. The molecule has 1 aromatic carbocycles. The van der Waals surface area contributed by atoms with Crippen LogP contribution in [0.25, 0.3) is 0 Å². The fourth-order valence-electron chi connectivity index (χ4n) is 2.32. The van der Waals surface area contributed by atoms with Gasteiger partial charge < -0.3 is 0 Å². The number of benzene rings is 1. The fourth-order valence-corrected chi connectivity index (χ4v) is 2.32. The SMILES string of the molecule is CCCCCC(C)(CC)Cc1ccc(F)cc1F. The molecule has 0 nitrogen and oxygen atoms in total. The smallest absolute Gasteiger partial charge is 0.129 e. The summed E-state index contributed by atoms with van der Waals surface area (Å²) in [6.07, 6.45) is 6.43. The fraction of sp³-hybridized carbons (Fsp3) is 0.625. The molecule has 0 heterocycles. The molecule has 2 heteroatoms. The molecule has 0 aliphatic rings. The maximum Gasteiger partial charge on any atom is 0.129 e. The van der Waals surface area contributed by atoms with E-state index in [2.05, 4.69) is 20.8 Å². The Kier molecular flexibility index (Phi) is 5.77. The maximum absolute atomic E-state index is 13.7. The molecule has 0 N–H and O–H groups in total. The van der Waals surface area contributed by atoms with Gasteiger partial charge in [-0.1, -0.05) is 52.5 Å². The van der Waals surface area contributed by atoms with Crippen molar-refractivity contribution in [3.8, 4) is 0 Å². The van der Waals surface area contributed by atoms with Gasteiger partial charge in [-0.25, -0.2) is 8.78 Å². The van der Waals surface area contributed by atoms with E-state index in [1.807, 2.05) is 0 Å². The minimum absolute atomic E-state index is 0.119. The number of hydrogen-bond acceptors (Lipinski definition) is 0. The molecule has 1 aromatic rings. The molecule has 1 rings (SSSR count). The van der Waals surface area contributed by atoms with Crippen LogP contribution in [0.5, 0.6) is 0 Å². The third-order valence-electron chi connectivity index (χ3n) is 3.87. The molecule has 1 atom stereocenters. The summed E-state index contributed by atoms with van der Waals surface area (Å²) in [7, 11) is 0. The zero-order chi connectivity index (χ0) is 13.6. The molecule has 1 unspecified atom stereocenters. The highest BCUT2D eigenvalue weighted by Gasteiger charge is 2.23. The van der Waals surface area contributed by atoms with E-state index in [1.165, 1.54) is 25.3 Å². The van der Waals surface area contributed by atoms with Crippen molar-refractivity contribution in [2.75, 3.05) is 0 Å². The highest BCUT2D eigenvalue weighted by molar-refractivity contribution is 5.20. The van der Waals surface area contributed by atoms with E-state index in [1.54, 1.807) is 6.07 Å². The Morgan fingerprint density at radius 3 is 2.39 bits per heavy atom. The van der Waals surface area contributed by atoms with Crippen LogP contribution < -0.4 is 0 Å². The Bertz CT molecular complexity index is 373. The summed E-state index contributed by atoms with van der Waals surface area (Å²) in [5, 5.41) is 0. The van der Waals surface area contributed by atoms with Crippen molar-refractivity contribution in [2.24, 2.45) is 5.41 Å². The van der Waals surface area contributed by atoms with Gasteiger partial charge in [0.2, 0.25) is 0 Å². The molecule has 0 saturated carbocycles. The number of halogens is 2. The molecular formula is C16H24F2. The molecule has 18 heavy (non-hydrogen) atoms. The lowest BCUT2D eigenvalue weighted by Gasteiger charge is -2.28. The second-order valence-corrected chi connectivity index (χ2v) is 5.53. The van der Waals surface area contributed by atoms with Crippen LogP contribution >= 0.6 is 0 Å². The van der Waals surface area contributed by atoms with E-state index in [0.717, 1.165) is 18.9 Å². The molecule has 0 fully saturated rings. The summed E-state index contributed by atoms with van der Waals surface area (Å²) < 4.78 is 26.5. The lowest BCUT2D eigenvalue weighted by molar-refractivity contribution is 0.268. The van der Waals surface area contributed by atoms with Gasteiger partial charge in [0.25, 0.3) is 0 Å². The summed E-state index contributed by atoms with van der Waals surface area (Å²) >= 11 is 0. The number of hydrogen-bond donors (Lipinski definition) is 0. The van der Waals surface area contributed by atoms with E-state index in [0.29, 0.717) is 12.0 Å². The Hall–Kier alpha value is -0.920. The zero-order valence-corrected chi connectivity index (χ0v) is 11.7. The molecule has 0 radical (unpaired) electrons. The van der Waals surface area contributed by atoms with Crippen LogP contribution in [0.2, 0.25) is 0 Å². The highest BCUT2D eigenvalue weighted by atomic mass is 19.1. The maximum atomic E-state index is 13.7. The van der Waals surface area contributed by atoms with Crippen molar-refractivity contribution in [2.45, 2.75) is 59.3 Å². The van der Waals surface area contributed by atoms with Gasteiger partial charge in [0.05, 0.1) is 0 Å². The molecule has 0 amide bonds. The first-order valence-corrected chi connectivity index (χ1v) is 6.94. The second kappa shape index (κ2) is 6.86. The van der Waals surface area contributed by atoms with Crippen LogP contribution in [0, 0.1) is 17.0 Å². The molecule has 0 aliphatic heterocycles. The van der Waals surface area contributed by atoms with Gasteiger partial charge in [-0.05, 0) is 29.9 Å². The Labute approximate surface area is 109 Å². The predicted octanol–water partition coefficient (Wildman–Crippen LogP) is 5.50. The zero-order valence-electron chi connectivity index (χ0n) is 11.7. The summed E-state index contributed by atoms with van der Waals surface area (Å²) in [4.78, 5) is 0. The molecule has 0 bridgehead atoms. The van der Waals surface area contributed by atoms with Gasteiger partial charge in [0.15, 0.2) is 0 Å². The van der Waals surface area contributed by atoms with E-state index >= 15 is 0 Å². The standard InChI is InChI=1S/C16H24F2/c1-4-6-7-10-16(3,5-2)12-13-8-9-14(17)11-15(13)18/h8-9,11H,4-7,10,12H2,1-3H3. The molecule has 102 valence electrons. The van der Waals surface area contributed by atoms with Gasteiger partial charge in [-0.2, -0.15) is 0 Å². The van der Waals surface area contributed by atoms with E-state index in [4.69, 9.17) is 0 Å². The van der Waals surface area contributed by atoms with Crippen molar-refractivity contribution in [1.82, 2.24) is 0 Å². The van der Waals surface area contributed by atoms with Gasteiger partial charge >= 0.3 is 0 Å². The van der Waals surface area contributed by atoms with E-state index in [-0.39, 0.29) is 5.41 Å². The Morgan fingerprint density at radius 2 is 1.83 bits per heavy atom. The third kappa shape index (κ3) is 4.40. The Morgan fingerprint density at radius 1 is 1.11 bits per heavy atom. The average molecular weight is 254 g/mol. The number of unbranched alkanes of at least 4 members (excludes halogenated alkanes) is 2. The van der Waals surface area contributed by atoms with Gasteiger partial charge in [0, 0.05) is 6.07 Å². The summed E-state index contributed by atoms with van der Waals surface area (Å²) in [5.41, 5.74) is 0.755. The lowest BCUT2D eigenvalue weighted by atomic mass is 9.77.